The molecule has 0 spiro atoms. The third-order valence-corrected chi connectivity index (χ3v) is 6.92. The van der Waals surface area contributed by atoms with E-state index in [1.165, 1.54) is 18.2 Å². The molecule has 0 N–H and O–H groups in total. The highest BCUT2D eigenvalue weighted by atomic mass is 32.2. The Morgan fingerprint density at radius 3 is 2.14 bits per heavy atom. The zero-order valence-corrected chi connectivity index (χ0v) is 21.2. The van der Waals surface area contributed by atoms with Crippen molar-refractivity contribution in [1.82, 2.24) is 15.2 Å². The number of nitrogens with zero attached hydrogens (tertiary/aromatic N) is 3. The van der Waals surface area contributed by atoms with Crippen LogP contribution in [0.3, 0.4) is 0 Å². The molecule has 0 aliphatic rings. The number of aromatic nitrogens is 3. The molecule has 7 heteroatoms. The first-order valence-corrected chi connectivity index (χ1v) is 12.2. The molecule has 0 saturated heterocycles. The summed E-state index contributed by atoms with van der Waals surface area (Å²) in [6, 6.07) is 26.6. The normalized spacial score (nSPS) is 12.9. The van der Waals surface area contributed by atoms with Gasteiger partial charge in [-0.05, 0) is 53.4 Å². The van der Waals surface area contributed by atoms with Crippen molar-refractivity contribution in [2.45, 2.75) is 37.8 Å². The van der Waals surface area contributed by atoms with Gasteiger partial charge < -0.3 is 4.74 Å². The van der Waals surface area contributed by atoms with Crippen molar-refractivity contribution in [2.75, 3.05) is 7.11 Å². The maximum Gasteiger partial charge on any atom is 0.149 e. The summed E-state index contributed by atoms with van der Waals surface area (Å²) in [5, 5.41) is 9.12. The van der Waals surface area contributed by atoms with Crippen LogP contribution in [0.2, 0.25) is 0 Å². The maximum absolute atomic E-state index is 5.93. The highest BCUT2D eigenvalue weighted by Gasteiger charge is 2.32. The summed E-state index contributed by atoms with van der Waals surface area (Å²) in [5.41, 5.74) is 5.04. The topological polar surface area (TPSA) is 66.4 Å². The second-order valence-corrected chi connectivity index (χ2v) is 9.36. The number of ether oxygens (including phenoxy) is 1. The molecular formula is C28H29N3O3S. The zero-order valence-electron chi connectivity index (χ0n) is 20.3. The molecule has 2 aromatic carbocycles. The van der Waals surface area contributed by atoms with Gasteiger partial charge in [0, 0.05) is 17.2 Å². The lowest BCUT2D eigenvalue weighted by molar-refractivity contribution is -0.160. The Balaban J connectivity index is 1.51. The third-order valence-electron chi connectivity index (χ3n) is 6.33. The van der Waals surface area contributed by atoms with E-state index in [9.17, 15) is 0 Å². The van der Waals surface area contributed by atoms with Gasteiger partial charge in [0.05, 0.1) is 30.5 Å². The van der Waals surface area contributed by atoms with Crippen molar-refractivity contribution < 1.29 is 14.0 Å². The Morgan fingerprint density at radius 2 is 1.57 bits per heavy atom. The van der Waals surface area contributed by atoms with Crippen LogP contribution < -0.4 is 4.74 Å². The molecule has 35 heavy (non-hydrogen) atoms. The molecular weight excluding hydrogens is 458 g/mol. The second kappa shape index (κ2) is 11.4. The van der Waals surface area contributed by atoms with Crippen molar-refractivity contribution in [3.8, 4) is 17.0 Å². The zero-order chi connectivity index (χ0) is 24.7. The van der Waals surface area contributed by atoms with Crippen LogP contribution in [0, 0.1) is 5.92 Å². The van der Waals surface area contributed by atoms with Crippen LogP contribution in [0.25, 0.3) is 11.3 Å². The minimum atomic E-state index is -0.165. The predicted molar refractivity (Wildman–Crippen MR) is 138 cm³/mol. The number of hydrogen-bond acceptors (Lipinski definition) is 7. The van der Waals surface area contributed by atoms with Crippen LogP contribution >= 0.6 is 12.0 Å². The van der Waals surface area contributed by atoms with E-state index in [4.69, 9.17) is 9.07 Å². The fraction of sp³-hybridized carbons (Fsp3) is 0.250. The van der Waals surface area contributed by atoms with Gasteiger partial charge in [-0.2, -0.15) is 4.33 Å². The molecule has 0 bridgehead atoms. The summed E-state index contributed by atoms with van der Waals surface area (Å²) >= 11 is 1.03. The van der Waals surface area contributed by atoms with Crippen molar-refractivity contribution in [1.29, 1.82) is 0 Å². The van der Waals surface area contributed by atoms with Gasteiger partial charge in [0.25, 0.3) is 0 Å². The van der Waals surface area contributed by atoms with E-state index in [0.717, 1.165) is 34.7 Å². The molecule has 0 aliphatic heterocycles. The molecule has 1 atom stereocenters. The Labute approximate surface area is 210 Å². The van der Waals surface area contributed by atoms with Gasteiger partial charge in [0.15, 0.2) is 0 Å². The summed E-state index contributed by atoms with van der Waals surface area (Å²) in [7, 11) is 1.45. The molecule has 6 nitrogen and oxygen atoms in total. The number of pyridine rings is 1. The van der Waals surface area contributed by atoms with E-state index in [0.29, 0.717) is 17.6 Å². The van der Waals surface area contributed by atoms with E-state index in [2.05, 4.69) is 77.2 Å². The lowest BCUT2D eigenvalue weighted by Crippen LogP contribution is -2.30. The highest BCUT2D eigenvalue weighted by Crippen LogP contribution is 2.40. The van der Waals surface area contributed by atoms with Gasteiger partial charge in [-0.25, -0.2) is 4.89 Å². The fourth-order valence-corrected chi connectivity index (χ4v) is 4.28. The summed E-state index contributed by atoms with van der Waals surface area (Å²) in [6.07, 6.45) is 1.78. The average Bonchev–Trinajstić information content (AvgIpc) is 2.91. The molecule has 0 aliphatic carbocycles. The molecule has 2 heterocycles. The van der Waals surface area contributed by atoms with Crippen LogP contribution in [0.1, 0.15) is 37.6 Å². The van der Waals surface area contributed by atoms with Gasteiger partial charge in [-0.1, -0.05) is 63.2 Å². The lowest BCUT2D eigenvalue weighted by atomic mass is 9.68. The van der Waals surface area contributed by atoms with E-state index >= 15 is 0 Å². The van der Waals surface area contributed by atoms with E-state index in [1.54, 1.807) is 6.20 Å². The number of rotatable bonds is 10. The molecule has 1 unspecified atom stereocenters. The largest absolute Gasteiger partial charge is 0.487 e. The maximum atomic E-state index is 5.93. The smallest absolute Gasteiger partial charge is 0.149 e. The van der Waals surface area contributed by atoms with Crippen LogP contribution in [0.5, 0.6) is 5.75 Å². The molecule has 2 aromatic heterocycles. The Kier molecular flexibility index (Phi) is 8.13. The summed E-state index contributed by atoms with van der Waals surface area (Å²) < 4.78 is 10.8. The van der Waals surface area contributed by atoms with E-state index in [1.807, 2.05) is 42.5 Å². The van der Waals surface area contributed by atoms with Crippen molar-refractivity contribution in [3.05, 3.63) is 102 Å². The average molecular weight is 488 g/mol. The van der Waals surface area contributed by atoms with Crippen molar-refractivity contribution in [2.24, 2.45) is 5.92 Å². The summed E-state index contributed by atoms with van der Waals surface area (Å²) in [4.78, 5) is 8.90. The Morgan fingerprint density at radius 1 is 0.857 bits per heavy atom. The van der Waals surface area contributed by atoms with Crippen LogP contribution in [-0.2, 0) is 21.2 Å². The first-order chi connectivity index (χ1) is 17.0. The predicted octanol–water partition coefficient (Wildman–Crippen LogP) is 6.66. The quantitative estimate of drug-likeness (QED) is 0.141. The third kappa shape index (κ3) is 5.88. The molecule has 180 valence electrons. The van der Waals surface area contributed by atoms with Gasteiger partial charge in [-0.3, -0.25) is 4.98 Å². The van der Waals surface area contributed by atoms with E-state index < -0.39 is 0 Å². The second-order valence-electron chi connectivity index (χ2n) is 8.64. The van der Waals surface area contributed by atoms with Gasteiger partial charge in [-0.15, -0.1) is 10.2 Å². The highest BCUT2D eigenvalue weighted by molar-refractivity contribution is 7.94. The van der Waals surface area contributed by atoms with Crippen molar-refractivity contribution in [3.63, 3.8) is 0 Å². The van der Waals surface area contributed by atoms with Gasteiger partial charge >= 0.3 is 0 Å². The molecule has 0 saturated carbocycles. The first kappa shape index (κ1) is 24.9. The van der Waals surface area contributed by atoms with Crippen LogP contribution in [-0.4, -0.2) is 22.3 Å². The molecule has 0 fully saturated rings. The monoisotopic (exact) mass is 487 g/mol. The molecule has 4 aromatic rings. The first-order valence-electron chi connectivity index (χ1n) is 11.5. The lowest BCUT2D eigenvalue weighted by Gasteiger charge is -2.35. The Hall–Kier alpha value is -3.26. The summed E-state index contributed by atoms with van der Waals surface area (Å²) in [6.45, 7) is 7.25. The van der Waals surface area contributed by atoms with Gasteiger partial charge in [0.1, 0.15) is 17.4 Å². The standard InChI is InChI=1S/C28H29N3O3S/c1-20(2)28(3,23-12-14-25(15-13-23)33-19-24-7-5-6-18-29-24)22-10-8-21(9-11-22)26-16-17-27(31-30-26)35-34-32-4/h5-18,20H,19H2,1-4H3. The van der Waals surface area contributed by atoms with Crippen LogP contribution in [0.4, 0.5) is 0 Å². The van der Waals surface area contributed by atoms with Crippen molar-refractivity contribution >= 4 is 12.0 Å². The number of hydrogen-bond donors (Lipinski definition) is 0. The minimum Gasteiger partial charge on any atom is -0.487 e. The van der Waals surface area contributed by atoms with Gasteiger partial charge in [0.2, 0.25) is 0 Å². The summed E-state index contributed by atoms with van der Waals surface area (Å²) in [5.74, 6) is 1.21. The Bertz CT molecular complexity index is 1200. The fourth-order valence-electron chi connectivity index (χ4n) is 3.95. The van der Waals surface area contributed by atoms with E-state index in [-0.39, 0.29) is 5.41 Å². The van der Waals surface area contributed by atoms with Crippen LogP contribution in [0.15, 0.2) is 90.1 Å². The SMILES string of the molecule is COOSc1ccc(-c2ccc(C(C)(c3ccc(OCc4ccccn4)cc3)C(C)C)cc2)nn1. The number of benzene rings is 2. The minimum absolute atomic E-state index is 0.165. The molecule has 0 amide bonds. The molecule has 0 radical (unpaired) electrons. The molecule has 4 rings (SSSR count).